The van der Waals surface area contributed by atoms with Gasteiger partial charge < -0.3 is 9.84 Å². The lowest BCUT2D eigenvalue weighted by Gasteiger charge is -2.03. The third-order valence-corrected chi connectivity index (χ3v) is 2.43. The van der Waals surface area contributed by atoms with Crippen molar-refractivity contribution in [2.45, 2.75) is 19.8 Å². The second kappa shape index (κ2) is 6.59. The van der Waals surface area contributed by atoms with Crippen molar-refractivity contribution in [1.82, 2.24) is 0 Å². The maximum atomic E-state index is 11.4. The maximum absolute atomic E-state index is 11.4. The van der Waals surface area contributed by atoms with E-state index in [1.165, 1.54) is 19.3 Å². The van der Waals surface area contributed by atoms with Gasteiger partial charge in [0.15, 0.2) is 17.3 Å². The van der Waals surface area contributed by atoms with Crippen molar-refractivity contribution in [1.29, 1.82) is 0 Å². The zero-order valence-corrected chi connectivity index (χ0v) is 10.5. The van der Waals surface area contributed by atoms with Gasteiger partial charge >= 0.3 is 0 Å². The first-order valence-corrected chi connectivity index (χ1v) is 5.66. The number of hydrogen-bond acceptors (Lipinski definition) is 4. The number of hydrogen-bond donors (Lipinski definition) is 1. The molecule has 0 saturated carbocycles. The van der Waals surface area contributed by atoms with E-state index in [4.69, 9.17) is 4.74 Å². The fourth-order valence-electron chi connectivity index (χ4n) is 1.37. The molecule has 0 spiro atoms. The number of carbonyl (C=O) groups is 2. The standard InChI is InChI=1S/C14H16O4/c1-3-11(15)9-12(16)6-4-10-5-7-13(17)14(8-10)18-2/h4-8,17H,3,9H2,1-2H3. The van der Waals surface area contributed by atoms with Gasteiger partial charge in [-0.15, -0.1) is 0 Å². The molecule has 1 rings (SSSR count). The Labute approximate surface area is 106 Å². The fraction of sp³-hybridized carbons (Fsp3) is 0.286. The summed E-state index contributed by atoms with van der Waals surface area (Å²) in [5.74, 6) is 0.0817. The van der Waals surface area contributed by atoms with Gasteiger partial charge in [0.2, 0.25) is 0 Å². The molecule has 0 saturated heterocycles. The van der Waals surface area contributed by atoms with Crippen molar-refractivity contribution in [2.24, 2.45) is 0 Å². The number of ketones is 2. The smallest absolute Gasteiger partial charge is 0.163 e. The molecule has 0 aliphatic carbocycles. The highest BCUT2D eigenvalue weighted by Crippen LogP contribution is 2.26. The highest BCUT2D eigenvalue weighted by molar-refractivity contribution is 6.06. The largest absolute Gasteiger partial charge is 0.504 e. The van der Waals surface area contributed by atoms with E-state index < -0.39 is 0 Å². The van der Waals surface area contributed by atoms with Crippen molar-refractivity contribution in [3.63, 3.8) is 0 Å². The normalized spacial score (nSPS) is 10.6. The Morgan fingerprint density at radius 1 is 1.39 bits per heavy atom. The van der Waals surface area contributed by atoms with Crippen LogP contribution in [-0.2, 0) is 9.59 Å². The van der Waals surface area contributed by atoms with Crippen LogP contribution >= 0.6 is 0 Å². The highest BCUT2D eigenvalue weighted by Gasteiger charge is 2.04. The number of methoxy groups -OCH3 is 1. The van der Waals surface area contributed by atoms with Gasteiger partial charge in [0, 0.05) is 6.42 Å². The van der Waals surface area contributed by atoms with Crippen LogP contribution < -0.4 is 4.74 Å². The fourth-order valence-corrected chi connectivity index (χ4v) is 1.37. The summed E-state index contributed by atoms with van der Waals surface area (Å²) in [6, 6.07) is 4.75. The van der Waals surface area contributed by atoms with Gasteiger partial charge in [-0.2, -0.15) is 0 Å². The van der Waals surface area contributed by atoms with Crippen molar-refractivity contribution < 1.29 is 19.4 Å². The van der Waals surface area contributed by atoms with Gasteiger partial charge in [-0.3, -0.25) is 9.59 Å². The Kier molecular flexibility index (Phi) is 5.11. The monoisotopic (exact) mass is 248 g/mol. The predicted molar refractivity (Wildman–Crippen MR) is 68.6 cm³/mol. The van der Waals surface area contributed by atoms with Gasteiger partial charge in [0.1, 0.15) is 5.78 Å². The summed E-state index contributed by atoms with van der Waals surface area (Å²) in [7, 11) is 1.45. The van der Waals surface area contributed by atoms with Crippen LogP contribution in [0.3, 0.4) is 0 Å². The third kappa shape index (κ3) is 4.05. The predicted octanol–water partition coefficient (Wildman–Crippen LogP) is 2.35. The first-order chi connectivity index (χ1) is 8.56. The van der Waals surface area contributed by atoms with Crippen LogP contribution in [0.2, 0.25) is 0 Å². The molecule has 96 valence electrons. The average Bonchev–Trinajstić information content (AvgIpc) is 2.37. The number of benzene rings is 1. The summed E-state index contributed by atoms with van der Waals surface area (Å²) >= 11 is 0. The Hall–Kier alpha value is -2.10. The average molecular weight is 248 g/mol. The molecule has 4 heteroatoms. The summed E-state index contributed by atoms with van der Waals surface area (Å²) in [6.45, 7) is 1.73. The summed E-state index contributed by atoms with van der Waals surface area (Å²) in [6.07, 6.45) is 3.25. The number of allylic oxidation sites excluding steroid dienone is 1. The van der Waals surface area contributed by atoms with E-state index in [0.717, 1.165) is 5.56 Å². The molecule has 1 aromatic carbocycles. The molecule has 0 aliphatic heterocycles. The maximum Gasteiger partial charge on any atom is 0.163 e. The molecule has 0 fully saturated rings. The Bertz CT molecular complexity index is 475. The molecule has 1 N–H and O–H groups in total. The molecule has 0 bridgehead atoms. The number of carbonyl (C=O) groups excluding carboxylic acids is 2. The lowest BCUT2D eigenvalue weighted by Crippen LogP contribution is -2.03. The Morgan fingerprint density at radius 3 is 2.72 bits per heavy atom. The van der Waals surface area contributed by atoms with E-state index in [1.807, 2.05) is 0 Å². The number of aromatic hydroxyl groups is 1. The van der Waals surface area contributed by atoms with Crippen LogP contribution in [-0.4, -0.2) is 23.8 Å². The zero-order valence-electron chi connectivity index (χ0n) is 10.5. The van der Waals surface area contributed by atoms with E-state index in [2.05, 4.69) is 0 Å². The molecule has 0 atom stereocenters. The Morgan fingerprint density at radius 2 is 2.11 bits per heavy atom. The number of Topliss-reactive ketones (excluding diaryl/α,β-unsaturated/α-hetero) is 1. The van der Waals surface area contributed by atoms with Crippen LogP contribution in [0.15, 0.2) is 24.3 Å². The highest BCUT2D eigenvalue weighted by atomic mass is 16.5. The van der Waals surface area contributed by atoms with Crippen LogP contribution in [0.1, 0.15) is 25.3 Å². The van der Waals surface area contributed by atoms with Gasteiger partial charge in [-0.1, -0.05) is 19.1 Å². The molecule has 0 aromatic heterocycles. The first-order valence-electron chi connectivity index (χ1n) is 5.66. The molecule has 0 radical (unpaired) electrons. The zero-order chi connectivity index (χ0) is 13.5. The number of rotatable bonds is 6. The van der Waals surface area contributed by atoms with Crippen molar-refractivity contribution in [3.8, 4) is 11.5 Å². The minimum atomic E-state index is -0.228. The summed E-state index contributed by atoms with van der Waals surface area (Å²) in [5, 5.41) is 9.40. The molecule has 4 nitrogen and oxygen atoms in total. The van der Waals surface area contributed by atoms with Gasteiger partial charge in [-0.05, 0) is 23.8 Å². The molecular formula is C14H16O4. The minimum absolute atomic E-state index is 0.0436. The summed E-state index contributed by atoms with van der Waals surface area (Å²) in [5.41, 5.74) is 0.724. The SMILES string of the molecule is CCC(=O)CC(=O)C=Cc1ccc(O)c(OC)c1. The summed E-state index contributed by atoms with van der Waals surface area (Å²) < 4.78 is 4.95. The van der Waals surface area contributed by atoms with E-state index in [0.29, 0.717) is 12.2 Å². The number of ether oxygens (including phenoxy) is 1. The van der Waals surface area contributed by atoms with E-state index in [-0.39, 0.29) is 23.7 Å². The van der Waals surface area contributed by atoms with Gasteiger partial charge in [0.25, 0.3) is 0 Å². The van der Waals surface area contributed by atoms with Gasteiger partial charge in [-0.25, -0.2) is 0 Å². The van der Waals surface area contributed by atoms with Crippen molar-refractivity contribution >= 4 is 17.6 Å². The van der Waals surface area contributed by atoms with E-state index >= 15 is 0 Å². The molecule has 0 heterocycles. The van der Waals surface area contributed by atoms with Gasteiger partial charge in [0.05, 0.1) is 13.5 Å². The van der Waals surface area contributed by atoms with Crippen LogP contribution in [0.5, 0.6) is 11.5 Å². The lowest BCUT2D eigenvalue weighted by molar-refractivity contribution is -0.124. The molecule has 0 aliphatic rings. The van der Waals surface area contributed by atoms with Crippen LogP contribution in [0.25, 0.3) is 6.08 Å². The number of phenols is 1. The van der Waals surface area contributed by atoms with Crippen LogP contribution in [0.4, 0.5) is 0 Å². The molecule has 1 aromatic rings. The lowest BCUT2D eigenvalue weighted by atomic mass is 10.1. The number of phenolic OH excluding ortho intramolecular Hbond substituents is 1. The molecular weight excluding hydrogens is 232 g/mol. The van der Waals surface area contributed by atoms with Crippen molar-refractivity contribution in [2.75, 3.05) is 7.11 Å². The van der Waals surface area contributed by atoms with E-state index in [9.17, 15) is 14.7 Å². The van der Waals surface area contributed by atoms with Crippen LogP contribution in [0, 0.1) is 0 Å². The third-order valence-electron chi connectivity index (χ3n) is 2.43. The molecule has 0 amide bonds. The Balaban J connectivity index is 2.72. The first kappa shape index (κ1) is 14.0. The molecule has 0 unspecified atom stereocenters. The summed E-state index contributed by atoms with van der Waals surface area (Å²) in [4.78, 5) is 22.5. The van der Waals surface area contributed by atoms with E-state index in [1.54, 1.807) is 25.1 Å². The minimum Gasteiger partial charge on any atom is -0.504 e. The van der Waals surface area contributed by atoms with Crippen molar-refractivity contribution in [3.05, 3.63) is 29.8 Å². The quantitative estimate of drug-likeness (QED) is 0.620. The molecule has 18 heavy (non-hydrogen) atoms. The topological polar surface area (TPSA) is 63.6 Å². The second-order valence-electron chi connectivity index (χ2n) is 3.80. The second-order valence-corrected chi connectivity index (χ2v) is 3.80.